The zero-order valence-electron chi connectivity index (χ0n) is 21.1. The Hall–Kier alpha value is -3.24. The van der Waals surface area contributed by atoms with Crippen LogP contribution in [0.3, 0.4) is 0 Å². The van der Waals surface area contributed by atoms with Gasteiger partial charge < -0.3 is 15.1 Å². The van der Waals surface area contributed by atoms with Gasteiger partial charge in [-0.3, -0.25) is 9.59 Å². The maximum atomic E-state index is 13.1. The second-order valence-corrected chi connectivity index (χ2v) is 9.33. The Morgan fingerprint density at radius 1 is 0.789 bits per heavy atom. The molecule has 0 aromatic heterocycles. The van der Waals surface area contributed by atoms with Crippen molar-refractivity contribution in [1.82, 2.24) is 4.90 Å². The third kappa shape index (κ3) is 8.13. The second-order valence-electron chi connectivity index (χ2n) is 9.33. The summed E-state index contributed by atoms with van der Waals surface area (Å²) in [5, 5.41) is 2.35. The standard InChI is InChI=1S/C27H31F6N3O2/c1-2-3-4-5-6-7-24(37)36-14-12-35(13-15-36)23-10-8-22(9-11-23)34-25(38)19-16-20(26(28,29)30)18-21(17-19)27(31,32)33/h8-11,16-18H,2-7,12-15H2,1H3,(H,34,38). The average molecular weight is 544 g/mol. The number of hydrogen-bond acceptors (Lipinski definition) is 3. The van der Waals surface area contributed by atoms with E-state index in [1.807, 2.05) is 4.90 Å². The highest BCUT2D eigenvalue weighted by molar-refractivity contribution is 6.04. The van der Waals surface area contributed by atoms with Crippen LogP contribution in [-0.4, -0.2) is 42.9 Å². The van der Waals surface area contributed by atoms with Crippen molar-refractivity contribution in [1.29, 1.82) is 0 Å². The zero-order valence-corrected chi connectivity index (χ0v) is 21.1. The van der Waals surface area contributed by atoms with Crippen LogP contribution in [-0.2, 0) is 17.1 Å². The van der Waals surface area contributed by atoms with Crippen LogP contribution in [0.5, 0.6) is 0 Å². The van der Waals surface area contributed by atoms with Gasteiger partial charge in [0.05, 0.1) is 11.1 Å². The van der Waals surface area contributed by atoms with Crippen molar-refractivity contribution in [3.8, 4) is 0 Å². The number of hydrogen-bond donors (Lipinski definition) is 1. The Balaban J connectivity index is 1.57. The first-order valence-electron chi connectivity index (χ1n) is 12.6. The molecule has 1 saturated heterocycles. The summed E-state index contributed by atoms with van der Waals surface area (Å²) >= 11 is 0. The molecule has 1 heterocycles. The van der Waals surface area contributed by atoms with Crippen LogP contribution in [0.15, 0.2) is 42.5 Å². The molecular formula is C27H31F6N3O2. The highest BCUT2D eigenvalue weighted by Gasteiger charge is 2.37. The van der Waals surface area contributed by atoms with Gasteiger partial charge in [-0.1, -0.05) is 32.6 Å². The van der Waals surface area contributed by atoms with Crippen LogP contribution < -0.4 is 10.2 Å². The van der Waals surface area contributed by atoms with E-state index in [9.17, 15) is 35.9 Å². The molecule has 3 rings (SSSR count). The normalized spacial score (nSPS) is 14.5. The Bertz CT molecular complexity index is 1060. The van der Waals surface area contributed by atoms with Crippen LogP contribution >= 0.6 is 0 Å². The first-order chi connectivity index (χ1) is 17.9. The van der Waals surface area contributed by atoms with Gasteiger partial charge in [-0.05, 0) is 48.9 Å². The molecule has 2 amide bonds. The third-order valence-electron chi connectivity index (χ3n) is 6.47. The number of alkyl halides is 6. The van der Waals surface area contributed by atoms with E-state index in [2.05, 4.69) is 17.1 Å². The fraction of sp³-hybridized carbons (Fsp3) is 0.481. The van der Waals surface area contributed by atoms with Gasteiger partial charge in [0, 0.05) is 49.5 Å². The van der Waals surface area contributed by atoms with E-state index in [0.717, 1.165) is 31.4 Å². The molecule has 38 heavy (non-hydrogen) atoms. The molecular weight excluding hydrogens is 512 g/mol. The molecule has 2 aromatic rings. The van der Waals surface area contributed by atoms with Gasteiger partial charge in [-0.2, -0.15) is 26.3 Å². The largest absolute Gasteiger partial charge is 0.416 e. The zero-order chi connectivity index (χ0) is 27.9. The lowest BCUT2D eigenvalue weighted by Gasteiger charge is -2.36. The SMILES string of the molecule is CCCCCCCC(=O)N1CCN(c2ccc(NC(=O)c3cc(C(F)(F)F)cc(C(F)(F)F)c3)cc2)CC1. The van der Waals surface area contributed by atoms with Gasteiger partial charge in [-0.25, -0.2) is 0 Å². The van der Waals surface area contributed by atoms with Gasteiger partial charge in [0.15, 0.2) is 0 Å². The molecule has 1 aliphatic heterocycles. The number of unbranched alkanes of at least 4 members (excludes halogenated alkanes) is 4. The van der Waals surface area contributed by atoms with E-state index in [4.69, 9.17) is 0 Å². The fourth-order valence-electron chi connectivity index (χ4n) is 4.30. The molecule has 0 bridgehead atoms. The van der Waals surface area contributed by atoms with E-state index < -0.39 is 35.0 Å². The maximum absolute atomic E-state index is 13.1. The van der Waals surface area contributed by atoms with E-state index in [-0.39, 0.29) is 17.7 Å². The van der Waals surface area contributed by atoms with Crippen LogP contribution in [0.2, 0.25) is 0 Å². The van der Waals surface area contributed by atoms with Crippen molar-refractivity contribution in [3.05, 3.63) is 59.2 Å². The van der Waals surface area contributed by atoms with Gasteiger partial charge >= 0.3 is 12.4 Å². The van der Waals surface area contributed by atoms with Crippen molar-refractivity contribution < 1.29 is 35.9 Å². The van der Waals surface area contributed by atoms with Crippen molar-refractivity contribution in [2.45, 2.75) is 57.8 Å². The van der Waals surface area contributed by atoms with Gasteiger partial charge in [0.1, 0.15) is 0 Å². The maximum Gasteiger partial charge on any atom is 0.416 e. The molecule has 1 fully saturated rings. The predicted octanol–water partition coefficient (Wildman–Crippen LogP) is 6.99. The first kappa shape index (κ1) is 29.3. The quantitative estimate of drug-likeness (QED) is 0.274. The molecule has 1 aliphatic rings. The summed E-state index contributed by atoms with van der Waals surface area (Å²) in [4.78, 5) is 28.8. The number of piperazine rings is 1. The van der Waals surface area contributed by atoms with Gasteiger partial charge in [0.2, 0.25) is 5.91 Å². The topological polar surface area (TPSA) is 52.7 Å². The number of anilines is 2. The molecule has 2 aromatic carbocycles. The third-order valence-corrected chi connectivity index (χ3v) is 6.47. The Labute approximate surface area is 217 Å². The van der Waals surface area contributed by atoms with E-state index in [1.54, 1.807) is 12.1 Å². The smallest absolute Gasteiger partial charge is 0.368 e. The minimum Gasteiger partial charge on any atom is -0.368 e. The molecule has 1 N–H and O–H groups in total. The summed E-state index contributed by atoms with van der Waals surface area (Å²) in [6.07, 6.45) is -4.11. The Morgan fingerprint density at radius 2 is 1.34 bits per heavy atom. The van der Waals surface area contributed by atoms with Crippen molar-refractivity contribution >= 4 is 23.2 Å². The highest BCUT2D eigenvalue weighted by Crippen LogP contribution is 2.36. The van der Waals surface area contributed by atoms with Gasteiger partial charge in [0.25, 0.3) is 5.91 Å². The molecule has 0 atom stereocenters. The second kappa shape index (κ2) is 12.5. The molecule has 5 nitrogen and oxygen atoms in total. The number of carbonyl (C=O) groups is 2. The summed E-state index contributed by atoms with van der Waals surface area (Å²) in [5.74, 6) is -0.932. The summed E-state index contributed by atoms with van der Waals surface area (Å²) in [7, 11) is 0. The molecule has 0 spiro atoms. The summed E-state index contributed by atoms with van der Waals surface area (Å²) in [6, 6.07) is 7.23. The predicted molar refractivity (Wildman–Crippen MR) is 133 cm³/mol. The van der Waals surface area contributed by atoms with Crippen molar-refractivity contribution in [2.24, 2.45) is 0 Å². The first-order valence-corrected chi connectivity index (χ1v) is 12.6. The number of nitrogens with zero attached hydrogens (tertiary/aromatic N) is 2. The Morgan fingerprint density at radius 3 is 1.87 bits per heavy atom. The molecule has 208 valence electrons. The molecule has 0 aliphatic carbocycles. The fourth-order valence-corrected chi connectivity index (χ4v) is 4.30. The molecule has 11 heteroatoms. The molecule has 0 saturated carbocycles. The van der Waals surface area contributed by atoms with Gasteiger partial charge in [-0.15, -0.1) is 0 Å². The van der Waals surface area contributed by atoms with E-state index >= 15 is 0 Å². The van der Waals surface area contributed by atoms with Crippen LogP contribution in [0.1, 0.15) is 66.9 Å². The van der Waals surface area contributed by atoms with Crippen LogP contribution in [0.25, 0.3) is 0 Å². The monoisotopic (exact) mass is 543 g/mol. The van der Waals surface area contributed by atoms with Crippen LogP contribution in [0.4, 0.5) is 37.7 Å². The number of amides is 2. The van der Waals surface area contributed by atoms with Crippen LogP contribution in [0, 0.1) is 0 Å². The molecule has 0 radical (unpaired) electrons. The number of rotatable bonds is 9. The lowest BCUT2D eigenvalue weighted by molar-refractivity contribution is -0.143. The lowest BCUT2D eigenvalue weighted by atomic mass is 10.0. The highest BCUT2D eigenvalue weighted by atomic mass is 19.4. The van der Waals surface area contributed by atoms with E-state index in [0.29, 0.717) is 44.7 Å². The summed E-state index contributed by atoms with van der Waals surface area (Å²) in [6.45, 7) is 4.56. The summed E-state index contributed by atoms with van der Waals surface area (Å²) < 4.78 is 78.5. The number of nitrogens with one attached hydrogen (secondary N) is 1. The molecule has 0 unspecified atom stereocenters. The van der Waals surface area contributed by atoms with E-state index in [1.165, 1.54) is 18.6 Å². The number of halogens is 6. The minimum absolute atomic E-state index is 0.0213. The van der Waals surface area contributed by atoms with Crippen molar-refractivity contribution in [3.63, 3.8) is 0 Å². The number of benzene rings is 2. The minimum atomic E-state index is -5.04. The van der Waals surface area contributed by atoms with Crippen molar-refractivity contribution in [2.75, 3.05) is 36.4 Å². The average Bonchev–Trinajstić information content (AvgIpc) is 2.87. The Kier molecular flexibility index (Phi) is 9.67. The summed E-state index contributed by atoms with van der Waals surface area (Å²) in [5.41, 5.74) is -2.80. The number of carbonyl (C=O) groups excluding carboxylic acids is 2. The lowest BCUT2D eigenvalue weighted by Crippen LogP contribution is -2.48.